The maximum Gasteiger partial charge on any atom is 0.343 e. The molecule has 0 aromatic heterocycles. The van der Waals surface area contributed by atoms with E-state index in [4.69, 9.17) is 9.47 Å². The Labute approximate surface area is 166 Å². The standard InChI is InChI=1S/C18H21IN2O5/c1-5-25-15-8-12(6-13(9-20)18(23)21-11(2)3)7-14(19)17(15)26-10-16(22)24-4/h6-8,11H,5,10H2,1-4H3,(H,21,23)/b13-6-. The molecule has 0 unspecified atom stereocenters. The van der Waals surface area contributed by atoms with E-state index in [1.165, 1.54) is 13.2 Å². The fourth-order valence-corrected chi connectivity index (χ4v) is 2.70. The highest BCUT2D eigenvalue weighted by Crippen LogP contribution is 2.35. The third-order valence-electron chi connectivity index (χ3n) is 2.99. The van der Waals surface area contributed by atoms with Crippen molar-refractivity contribution in [2.75, 3.05) is 20.3 Å². The Morgan fingerprint density at radius 1 is 1.35 bits per heavy atom. The predicted octanol–water partition coefficient (Wildman–Crippen LogP) is 2.67. The monoisotopic (exact) mass is 472 g/mol. The molecule has 0 aliphatic carbocycles. The molecule has 8 heteroatoms. The van der Waals surface area contributed by atoms with E-state index in [-0.39, 0.29) is 18.2 Å². The number of esters is 1. The van der Waals surface area contributed by atoms with Crippen LogP contribution >= 0.6 is 22.6 Å². The van der Waals surface area contributed by atoms with E-state index < -0.39 is 11.9 Å². The van der Waals surface area contributed by atoms with E-state index >= 15 is 0 Å². The minimum absolute atomic E-state index is 0.0137. The number of carbonyl (C=O) groups excluding carboxylic acids is 2. The van der Waals surface area contributed by atoms with Gasteiger partial charge in [-0.15, -0.1) is 0 Å². The molecule has 0 bridgehead atoms. The number of ether oxygens (including phenoxy) is 3. The molecule has 0 atom stereocenters. The van der Waals surface area contributed by atoms with Gasteiger partial charge in [0.2, 0.25) is 0 Å². The van der Waals surface area contributed by atoms with Crippen LogP contribution in [0.25, 0.3) is 6.08 Å². The number of hydrogen-bond donors (Lipinski definition) is 1. The van der Waals surface area contributed by atoms with Crippen LogP contribution in [0.4, 0.5) is 0 Å². The molecule has 0 aliphatic rings. The largest absolute Gasteiger partial charge is 0.490 e. The van der Waals surface area contributed by atoms with Crippen molar-refractivity contribution < 1.29 is 23.8 Å². The van der Waals surface area contributed by atoms with Gasteiger partial charge in [-0.2, -0.15) is 5.26 Å². The van der Waals surface area contributed by atoms with Gasteiger partial charge in [-0.05, 0) is 67.1 Å². The lowest BCUT2D eigenvalue weighted by atomic mass is 10.1. The van der Waals surface area contributed by atoms with Crippen LogP contribution in [0.3, 0.4) is 0 Å². The summed E-state index contributed by atoms with van der Waals surface area (Å²) in [6.45, 7) is 5.59. The summed E-state index contributed by atoms with van der Waals surface area (Å²) in [5.74, 6) is -0.137. The number of nitrogens with one attached hydrogen (secondary N) is 1. The van der Waals surface area contributed by atoms with Gasteiger partial charge in [-0.25, -0.2) is 4.79 Å². The highest BCUT2D eigenvalue weighted by molar-refractivity contribution is 14.1. The van der Waals surface area contributed by atoms with Crippen LogP contribution < -0.4 is 14.8 Å². The Morgan fingerprint density at radius 3 is 2.58 bits per heavy atom. The molecule has 0 spiro atoms. The van der Waals surface area contributed by atoms with Gasteiger partial charge in [0.25, 0.3) is 5.91 Å². The molecule has 1 amide bonds. The van der Waals surface area contributed by atoms with Crippen molar-refractivity contribution in [1.82, 2.24) is 5.32 Å². The second-order valence-corrected chi connectivity index (χ2v) is 6.59. The van der Waals surface area contributed by atoms with Gasteiger partial charge in [-0.3, -0.25) is 4.79 Å². The van der Waals surface area contributed by atoms with Crippen LogP contribution in [-0.2, 0) is 14.3 Å². The van der Waals surface area contributed by atoms with Crippen molar-refractivity contribution in [1.29, 1.82) is 5.26 Å². The number of carbonyl (C=O) groups is 2. The minimum atomic E-state index is -0.510. The van der Waals surface area contributed by atoms with Crippen molar-refractivity contribution in [3.05, 3.63) is 26.8 Å². The Kier molecular flexibility index (Phi) is 8.92. The quantitative estimate of drug-likeness (QED) is 0.271. The molecule has 1 N–H and O–H groups in total. The molecule has 0 saturated carbocycles. The number of benzene rings is 1. The van der Waals surface area contributed by atoms with Crippen LogP contribution in [0.15, 0.2) is 17.7 Å². The zero-order valence-corrected chi connectivity index (χ0v) is 17.2. The SMILES string of the molecule is CCOc1cc(/C=C(/C#N)C(=O)NC(C)C)cc(I)c1OCC(=O)OC. The van der Waals surface area contributed by atoms with Gasteiger partial charge >= 0.3 is 5.97 Å². The fraction of sp³-hybridized carbons (Fsp3) is 0.389. The molecule has 0 aliphatic heterocycles. The molecule has 0 heterocycles. The van der Waals surface area contributed by atoms with E-state index in [0.717, 1.165) is 0 Å². The first-order valence-electron chi connectivity index (χ1n) is 7.90. The number of methoxy groups -OCH3 is 1. The Balaban J connectivity index is 3.21. The summed E-state index contributed by atoms with van der Waals surface area (Å²) < 4.78 is 16.3. The first-order valence-corrected chi connectivity index (χ1v) is 8.98. The van der Waals surface area contributed by atoms with Crippen molar-refractivity contribution >= 4 is 40.5 Å². The summed E-state index contributed by atoms with van der Waals surface area (Å²) in [5.41, 5.74) is 0.596. The third-order valence-corrected chi connectivity index (χ3v) is 3.79. The van der Waals surface area contributed by atoms with Crippen LogP contribution in [0.5, 0.6) is 11.5 Å². The third kappa shape index (κ3) is 6.55. The lowest BCUT2D eigenvalue weighted by molar-refractivity contribution is -0.143. The average Bonchev–Trinajstić information content (AvgIpc) is 2.58. The highest BCUT2D eigenvalue weighted by atomic mass is 127. The number of nitriles is 1. The molecule has 140 valence electrons. The lowest BCUT2D eigenvalue weighted by Gasteiger charge is -2.14. The van der Waals surface area contributed by atoms with Crippen LogP contribution in [-0.4, -0.2) is 38.2 Å². The fourth-order valence-electron chi connectivity index (χ4n) is 1.92. The van der Waals surface area contributed by atoms with Gasteiger partial charge in [0.1, 0.15) is 11.6 Å². The second kappa shape index (κ2) is 10.7. The minimum Gasteiger partial charge on any atom is -0.490 e. The van der Waals surface area contributed by atoms with E-state index in [2.05, 4.69) is 10.1 Å². The molecule has 1 aromatic rings. The molecule has 26 heavy (non-hydrogen) atoms. The predicted molar refractivity (Wildman–Crippen MR) is 105 cm³/mol. The zero-order chi connectivity index (χ0) is 19.7. The van der Waals surface area contributed by atoms with Crippen LogP contribution in [0, 0.1) is 14.9 Å². The van der Waals surface area contributed by atoms with Crippen molar-refractivity contribution in [3.63, 3.8) is 0 Å². The van der Waals surface area contributed by atoms with Gasteiger partial charge in [0.15, 0.2) is 18.1 Å². The first kappa shape index (κ1) is 21.8. The number of rotatable bonds is 8. The summed E-state index contributed by atoms with van der Waals surface area (Å²) in [6.07, 6.45) is 1.48. The van der Waals surface area contributed by atoms with Crippen LogP contribution in [0.1, 0.15) is 26.3 Å². The lowest BCUT2D eigenvalue weighted by Crippen LogP contribution is -2.30. The summed E-state index contributed by atoms with van der Waals surface area (Å²) in [7, 11) is 1.28. The molecule has 7 nitrogen and oxygen atoms in total. The number of hydrogen-bond acceptors (Lipinski definition) is 6. The maximum atomic E-state index is 12.1. The van der Waals surface area contributed by atoms with Gasteiger partial charge in [-0.1, -0.05) is 0 Å². The number of halogens is 1. The van der Waals surface area contributed by atoms with E-state index in [0.29, 0.717) is 27.2 Å². The Hall–Kier alpha value is -2.28. The van der Waals surface area contributed by atoms with E-state index in [1.807, 2.05) is 49.4 Å². The zero-order valence-electron chi connectivity index (χ0n) is 15.1. The second-order valence-electron chi connectivity index (χ2n) is 5.43. The van der Waals surface area contributed by atoms with E-state index in [9.17, 15) is 14.9 Å². The smallest absolute Gasteiger partial charge is 0.343 e. The van der Waals surface area contributed by atoms with Crippen LogP contribution in [0.2, 0.25) is 0 Å². The van der Waals surface area contributed by atoms with Gasteiger partial charge in [0.05, 0.1) is 17.3 Å². The average molecular weight is 472 g/mol. The maximum absolute atomic E-state index is 12.1. The molecule has 0 radical (unpaired) electrons. The molecular weight excluding hydrogens is 451 g/mol. The molecule has 1 aromatic carbocycles. The van der Waals surface area contributed by atoms with Gasteiger partial charge < -0.3 is 19.5 Å². The molecule has 1 rings (SSSR count). The summed E-state index contributed by atoms with van der Waals surface area (Å²) in [6, 6.07) is 5.21. The molecular formula is C18H21IN2O5. The number of amides is 1. The van der Waals surface area contributed by atoms with Crippen molar-refractivity contribution in [3.8, 4) is 17.6 Å². The summed E-state index contributed by atoms with van der Waals surface area (Å²) in [5, 5.41) is 11.9. The molecule has 0 saturated heterocycles. The summed E-state index contributed by atoms with van der Waals surface area (Å²) in [4.78, 5) is 23.4. The summed E-state index contributed by atoms with van der Waals surface area (Å²) >= 11 is 2.04. The van der Waals surface area contributed by atoms with E-state index in [1.54, 1.807) is 12.1 Å². The molecule has 0 fully saturated rings. The Bertz CT molecular complexity index is 738. The topological polar surface area (TPSA) is 97.6 Å². The Morgan fingerprint density at radius 2 is 2.04 bits per heavy atom. The highest BCUT2D eigenvalue weighted by Gasteiger charge is 2.15. The van der Waals surface area contributed by atoms with Gasteiger partial charge in [0, 0.05) is 6.04 Å². The number of nitrogens with zero attached hydrogens (tertiary/aromatic N) is 1. The normalized spacial score (nSPS) is 10.9. The first-order chi connectivity index (χ1) is 12.3. The van der Waals surface area contributed by atoms with Crippen molar-refractivity contribution in [2.45, 2.75) is 26.8 Å². The van der Waals surface area contributed by atoms with Crippen molar-refractivity contribution in [2.24, 2.45) is 0 Å².